The summed E-state index contributed by atoms with van der Waals surface area (Å²) < 4.78 is 31.4. The number of hydrogen-bond acceptors (Lipinski definition) is 5. The van der Waals surface area contributed by atoms with Crippen LogP contribution in [-0.4, -0.2) is 55.6 Å². The van der Waals surface area contributed by atoms with Crippen LogP contribution >= 0.6 is 0 Å². The fourth-order valence-electron chi connectivity index (χ4n) is 3.36. The molecule has 2 atom stereocenters. The Morgan fingerprint density at radius 1 is 1.52 bits per heavy atom. The van der Waals surface area contributed by atoms with Gasteiger partial charge in [-0.05, 0) is 25.5 Å². The zero-order chi connectivity index (χ0) is 16.5. The smallest absolute Gasteiger partial charge is 0.228 e. The monoisotopic (exact) mass is 339 g/mol. The zero-order valence-corrected chi connectivity index (χ0v) is 13.9. The molecule has 2 aliphatic rings. The van der Waals surface area contributed by atoms with Crippen LogP contribution in [0.15, 0.2) is 24.5 Å². The van der Waals surface area contributed by atoms with E-state index in [-0.39, 0.29) is 24.1 Å². The molecule has 0 bridgehead atoms. The number of carbonyl (C=O) groups is 1. The first kappa shape index (κ1) is 16.2. The lowest BCUT2D eigenvalue weighted by Crippen LogP contribution is -2.41. The number of ether oxygens (including phenoxy) is 1. The normalized spacial score (nSPS) is 28.2. The molecule has 1 aromatic rings. The first-order valence-corrected chi connectivity index (χ1v) is 9.38. The quantitative estimate of drug-likeness (QED) is 0.831. The minimum absolute atomic E-state index is 0.0488. The van der Waals surface area contributed by atoms with Gasteiger partial charge in [-0.15, -0.1) is 0 Å². The van der Waals surface area contributed by atoms with E-state index < -0.39 is 15.4 Å². The lowest BCUT2D eigenvalue weighted by Gasteiger charge is -2.27. The van der Waals surface area contributed by atoms with Crippen LogP contribution in [0.2, 0.25) is 0 Å². The predicted octanol–water partition coefficient (Wildman–Crippen LogP) is 0.248. The van der Waals surface area contributed by atoms with Crippen LogP contribution in [0.3, 0.4) is 0 Å². The SMILES string of the molecule is CCS(=O)(=O)N1CC[C@@]2(C1)C(=O)NC[C@H]2COc1cccnc1. The van der Waals surface area contributed by atoms with Crippen molar-refractivity contribution in [3.8, 4) is 5.75 Å². The molecule has 2 aliphatic heterocycles. The molecule has 2 fully saturated rings. The highest BCUT2D eigenvalue weighted by Gasteiger charge is 2.55. The van der Waals surface area contributed by atoms with Crippen molar-refractivity contribution in [1.82, 2.24) is 14.6 Å². The summed E-state index contributed by atoms with van der Waals surface area (Å²) in [6.45, 7) is 3.14. The number of amides is 1. The van der Waals surface area contributed by atoms with Gasteiger partial charge in [-0.1, -0.05) is 0 Å². The number of nitrogens with one attached hydrogen (secondary N) is 1. The van der Waals surface area contributed by atoms with E-state index in [2.05, 4.69) is 10.3 Å². The van der Waals surface area contributed by atoms with Crippen molar-refractivity contribution in [3.05, 3.63) is 24.5 Å². The van der Waals surface area contributed by atoms with Crippen LogP contribution in [0.4, 0.5) is 0 Å². The summed E-state index contributed by atoms with van der Waals surface area (Å²) in [6.07, 6.45) is 3.83. The fraction of sp³-hybridized carbons (Fsp3) is 0.600. The maximum Gasteiger partial charge on any atom is 0.228 e. The van der Waals surface area contributed by atoms with Crippen molar-refractivity contribution in [1.29, 1.82) is 0 Å². The van der Waals surface area contributed by atoms with Gasteiger partial charge < -0.3 is 10.1 Å². The Hall–Kier alpha value is -1.67. The molecule has 0 aromatic carbocycles. The van der Waals surface area contributed by atoms with Crippen molar-refractivity contribution in [2.45, 2.75) is 13.3 Å². The van der Waals surface area contributed by atoms with Crippen LogP contribution in [0.5, 0.6) is 5.75 Å². The maximum atomic E-state index is 12.4. The van der Waals surface area contributed by atoms with Crippen molar-refractivity contribution < 1.29 is 17.9 Å². The standard InChI is InChI=1S/C15H21N3O4S/c1-2-23(20,21)18-7-5-15(11-18)12(8-17-14(15)19)10-22-13-4-3-6-16-9-13/h3-4,6,9,12H,2,5,7-8,10-11H2,1H3,(H,17,19)/t12-,15-/m0/s1. The Labute approximate surface area is 136 Å². The molecule has 23 heavy (non-hydrogen) atoms. The Kier molecular flexibility index (Phi) is 4.29. The van der Waals surface area contributed by atoms with E-state index in [0.717, 1.165) is 0 Å². The predicted molar refractivity (Wildman–Crippen MR) is 84.3 cm³/mol. The number of carbonyl (C=O) groups excluding carboxylic acids is 1. The molecule has 1 aromatic heterocycles. The molecule has 0 radical (unpaired) electrons. The molecule has 7 nitrogen and oxygen atoms in total. The lowest BCUT2D eigenvalue weighted by atomic mass is 9.77. The second-order valence-corrected chi connectivity index (χ2v) is 8.30. The highest BCUT2D eigenvalue weighted by atomic mass is 32.2. The van der Waals surface area contributed by atoms with Gasteiger partial charge in [0, 0.05) is 31.7 Å². The first-order valence-electron chi connectivity index (χ1n) is 7.77. The van der Waals surface area contributed by atoms with Gasteiger partial charge >= 0.3 is 0 Å². The molecule has 3 rings (SSSR count). The molecule has 126 valence electrons. The average molecular weight is 339 g/mol. The summed E-state index contributed by atoms with van der Waals surface area (Å²) in [7, 11) is -3.27. The number of nitrogens with zero attached hydrogens (tertiary/aromatic N) is 2. The van der Waals surface area contributed by atoms with Gasteiger partial charge in [-0.2, -0.15) is 0 Å². The van der Waals surface area contributed by atoms with E-state index in [1.165, 1.54) is 4.31 Å². The first-order chi connectivity index (χ1) is 11.0. The van der Waals surface area contributed by atoms with E-state index in [4.69, 9.17) is 4.74 Å². The molecule has 3 heterocycles. The summed E-state index contributed by atoms with van der Waals surface area (Å²) in [6, 6.07) is 3.60. The van der Waals surface area contributed by atoms with Crippen LogP contribution in [0.25, 0.3) is 0 Å². The Morgan fingerprint density at radius 3 is 3.04 bits per heavy atom. The Balaban J connectivity index is 1.73. The van der Waals surface area contributed by atoms with Gasteiger partial charge in [0.25, 0.3) is 0 Å². The third-order valence-corrected chi connectivity index (χ3v) is 6.68. The molecule has 8 heteroatoms. The molecule has 1 spiro atoms. The van der Waals surface area contributed by atoms with Crippen LogP contribution in [0, 0.1) is 11.3 Å². The third kappa shape index (κ3) is 2.92. The molecular weight excluding hydrogens is 318 g/mol. The minimum Gasteiger partial charge on any atom is -0.492 e. The summed E-state index contributed by atoms with van der Waals surface area (Å²) in [5, 5.41) is 2.87. The summed E-state index contributed by atoms with van der Waals surface area (Å²) in [5.74, 6) is 0.595. The van der Waals surface area contributed by atoms with Gasteiger partial charge in [-0.3, -0.25) is 9.78 Å². The molecule has 1 N–H and O–H groups in total. The maximum absolute atomic E-state index is 12.4. The van der Waals surface area contributed by atoms with Crippen LogP contribution in [0.1, 0.15) is 13.3 Å². The van der Waals surface area contributed by atoms with Gasteiger partial charge in [0.05, 0.1) is 24.0 Å². The highest BCUT2D eigenvalue weighted by molar-refractivity contribution is 7.89. The second-order valence-electron chi connectivity index (χ2n) is 6.05. The summed E-state index contributed by atoms with van der Waals surface area (Å²) in [4.78, 5) is 16.4. The fourth-order valence-corrected chi connectivity index (χ4v) is 4.52. The van der Waals surface area contributed by atoms with E-state index >= 15 is 0 Å². The third-order valence-electron chi connectivity index (χ3n) is 4.85. The molecule has 0 saturated carbocycles. The van der Waals surface area contributed by atoms with Gasteiger partial charge in [0.15, 0.2) is 0 Å². The summed E-state index contributed by atoms with van der Waals surface area (Å²) in [5.41, 5.74) is -0.676. The van der Waals surface area contributed by atoms with Gasteiger partial charge in [0.1, 0.15) is 5.75 Å². The number of rotatable bonds is 5. The lowest BCUT2D eigenvalue weighted by molar-refractivity contribution is -0.128. The van der Waals surface area contributed by atoms with E-state index in [9.17, 15) is 13.2 Å². The van der Waals surface area contributed by atoms with Crippen molar-refractivity contribution in [3.63, 3.8) is 0 Å². The Morgan fingerprint density at radius 2 is 2.35 bits per heavy atom. The van der Waals surface area contributed by atoms with Crippen LogP contribution < -0.4 is 10.1 Å². The summed E-state index contributed by atoms with van der Waals surface area (Å²) >= 11 is 0. The highest BCUT2D eigenvalue weighted by Crippen LogP contribution is 2.42. The number of pyridine rings is 1. The molecule has 1 amide bonds. The largest absolute Gasteiger partial charge is 0.492 e. The van der Waals surface area contributed by atoms with Crippen LogP contribution in [-0.2, 0) is 14.8 Å². The number of sulfonamides is 1. The Bertz CT molecular complexity index is 679. The van der Waals surface area contributed by atoms with E-state index in [0.29, 0.717) is 31.9 Å². The molecular formula is C15H21N3O4S. The topological polar surface area (TPSA) is 88.6 Å². The van der Waals surface area contributed by atoms with Crippen molar-refractivity contribution in [2.75, 3.05) is 32.0 Å². The van der Waals surface area contributed by atoms with Gasteiger partial charge in [-0.25, -0.2) is 12.7 Å². The molecule has 0 unspecified atom stereocenters. The van der Waals surface area contributed by atoms with Crippen molar-refractivity contribution in [2.24, 2.45) is 11.3 Å². The minimum atomic E-state index is -3.27. The second kappa shape index (κ2) is 6.09. The van der Waals surface area contributed by atoms with Crippen molar-refractivity contribution >= 4 is 15.9 Å². The number of hydrogen-bond donors (Lipinski definition) is 1. The average Bonchev–Trinajstić information content (AvgIpc) is 3.14. The number of aromatic nitrogens is 1. The molecule has 0 aliphatic carbocycles. The van der Waals surface area contributed by atoms with Gasteiger partial charge in [0.2, 0.25) is 15.9 Å². The molecule has 2 saturated heterocycles. The zero-order valence-electron chi connectivity index (χ0n) is 13.1. The van der Waals surface area contributed by atoms with E-state index in [1.54, 1.807) is 25.4 Å². The van der Waals surface area contributed by atoms with E-state index in [1.807, 2.05) is 6.07 Å².